The molecule has 1 aromatic heterocycles. The summed E-state index contributed by atoms with van der Waals surface area (Å²) in [6.07, 6.45) is 0. The molecule has 3 rings (SSSR count). The molecule has 3 aromatic rings. The third-order valence-electron chi connectivity index (χ3n) is 4.42. The average Bonchev–Trinajstić information content (AvgIpc) is 3.00. The lowest BCUT2D eigenvalue weighted by molar-refractivity contribution is -0.124. The van der Waals surface area contributed by atoms with Crippen molar-refractivity contribution in [3.63, 3.8) is 0 Å². The lowest BCUT2D eigenvalue weighted by Gasteiger charge is -2.14. The van der Waals surface area contributed by atoms with Gasteiger partial charge in [0.1, 0.15) is 24.8 Å². The fraction of sp³-hybridized carbons (Fsp3) is 0.333. The molecular weight excluding hydrogens is 342 g/mol. The smallest absolute Gasteiger partial charge is 0.246 e. The highest BCUT2D eigenvalue weighted by atomic mass is 16.5. The molecule has 0 aliphatic rings. The largest absolute Gasteiger partial charge is 0.491 e. The van der Waals surface area contributed by atoms with E-state index < -0.39 is 0 Å². The van der Waals surface area contributed by atoms with Gasteiger partial charge in [-0.15, -0.1) is 0 Å². The van der Waals surface area contributed by atoms with Crippen LogP contribution in [-0.4, -0.2) is 35.8 Å². The molecule has 0 fully saturated rings. The van der Waals surface area contributed by atoms with Gasteiger partial charge in [-0.2, -0.15) is 0 Å². The maximum absolute atomic E-state index is 11.7. The number of imidazole rings is 1. The zero-order chi connectivity index (χ0) is 19.2. The van der Waals surface area contributed by atoms with Crippen LogP contribution in [0.25, 0.3) is 11.0 Å². The molecule has 1 N–H and O–H groups in total. The minimum absolute atomic E-state index is 0.0376. The molecular formula is C21H25N3O3. The van der Waals surface area contributed by atoms with Gasteiger partial charge in [0, 0.05) is 7.11 Å². The van der Waals surface area contributed by atoms with Gasteiger partial charge in [-0.25, -0.2) is 4.98 Å². The minimum atomic E-state index is -0.164. The number of nitrogens with zero attached hydrogens (tertiary/aromatic N) is 2. The summed E-state index contributed by atoms with van der Waals surface area (Å²) in [6.45, 7) is 5.64. The summed E-state index contributed by atoms with van der Waals surface area (Å²) in [6, 6.07) is 14.1. The van der Waals surface area contributed by atoms with Gasteiger partial charge in [-0.3, -0.25) is 4.79 Å². The fourth-order valence-electron chi connectivity index (χ4n) is 3.14. The van der Waals surface area contributed by atoms with Crippen molar-refractivity contribution in [1.29, 1.82) is 0 Å². The van der Waals surface area contributed by atoms with E-state index in [0.717, 1.165) is 33.7 Å². The second kappa shape index (κ2) is 8.68. The van der Waals surface area contributed by atoms with E-state index in [-0.39, 0.29) is 12.5 Å². The highest BCUT2D eigenvalue weighted by Gasteiger charge is 2.12. The van der Waals surface area contributed by atoms with Crippen molar-refractivity contribution < 1.29 is 14.3 Å². The monoisotopic (exact) mass is 367 g/mol. The zero-order valence-electron chi connectivity index (χ0n) is 16.0. The van der Waals surface area contributed by atoms with Gasteiger partial charge in [0.05, 0.1) is 24.1 Å². The van der Waals surface area contributed by atoms with Gasteiger partial charge in [-0.1, -0.05) is 30.3 Å². The molecule has 0 saturated heterocycles. The van der Waals surface area contributed by atoms with E-state index in [2.05, 4.69) is 14.9 Å². The number of amides is 1. The molecule has 0 aliphatic carbocycles. The van der Waals surface area contributed by atoms with E-state index in [9.17, 15) is 4.79 Å². The highest BCUT2D eigenvalue weighted by Crippen LogP contribution is 2.23. The molecule has 0 saturated carbocycles. The third kappa shape index (κ3) is 4.46. The predicted octanol–water partition coefficient (Wildman–Crippen LogP) is 2.99. The fourth-order valence-corrected chi connectivity index (χ4v) is 3.14. The van der Waals surface area contributed by atoms with Crippen molar-refractivity contribution >= 4 is 16.9 Å². The van der Waals surface area contributed by atoms with Gasteiger partial charge < -0.3 is 19.4 Å². The summed E-state index contributed by atoms with van der Waals surface area (Å²) in [5.74, 6) is 1.56. The topological polar surface area (TPSA) is 65.4 Å². The Labute approximate surface area is 159 Å². The molecule has 0 atom stereocenters. The van der Waals surface area contributed by atoms with Crippen LogP contribution in [0.2, 0.25) is 0 Å². The Morgan fingerprint density at radius 2 is 1.85 bits per heavy atom. The molecule has 2 aromatic carbocycles. The molecule has 6 nitrogen and oxygen atoms in total. The molecule has 1 heterocycles. The summed E-state index contributed by atoms with van der Waals surface area (Å²) in [5, 5.41) is 2.84. The van der Waals surface area contributed by atoms with E-state index in [0.29, 0.717) is 19.7 Å². The van der Waals surface area contributed by atoms with E-state index in [1.165, 1.54) is 7.11 Å². The molecule has 6 heteroatoms. The normalized spacial score (nSPS) is 10.9. The van der Waals surface area contributed by atoms with Crippen LogP contribution in [0.15, 0.2) is 42.5 Å². The van der Waals surface area contributed by atoms with Crippen LogP contribution in [0.5, 0.6) is 5.75 Å². The number of hydrogen-bond acceptors (Lipinski definition) is 4. The van der Waals surface area contributed by atoms with E-state index in [1.54, 1.807) is 0 Å². The maximum Gasteiger partial charge on any atom is 0.246 e. The van der Waals surface area contributed by atoms with Gasteiger partial charge in [0.15, 0.2) is 0 Å². The second-order valence-electron chi connectivity index (χ2n) is 6.45. The second-order valence-corrected chi connectivity index (χ2v) is 6.45. The summed E-state index contributed by atoms with van der Waals surface area (Å²) >= 11 is 0. The highest BCUT2D eigenvalue weighted by molar-refractivity contribution is 5.78. The van der Waals surface area contributed by atoms with Crippen LogP contribution in [0.3, 0.4) is 0 Å². The van der Waals surface area contributed by atoms with Crippen molar-refractivity contribution in [1.82, 2.24) is 14.9 Å². The lowest BCUT2D eigenvalue weighted by atomic mass is 10.1. The first-order chi connectivity index (χ1) is 13.1. The Morgan fingerprint density at radius 1 is 1.11 bits per heavy atom. The van der Waals surface area contributed by atoms with E-state index >= 15 is 0 Å². The Kier molecular flexibility index (Phi) is 6.08. The molecule has 0 spiro atoms. The minimum Gasteiger partial charge on any atom is -0.491 e. The lowest BCUT2D eigenvalue weighted by Crippen LogP contribution is -2.28. The number of rotatable bonds is 8. The zero-order valence-corrected chi connectivity index (χ0v) is 16.0. The van der Waals surface area contributed by atoms with Crippen LogP contribution in [0, 0.1) is 13.8 Å². The number of hydrogen-bond donors (Lipinski definition) is 1. The molecule has 0 bridgehead atoms. The summed E-state index contributed by atoms with van der Waals surface area (Å²) < 4.78 is 13.0. The first-order valence-corrected chi connectivity index (χ1v) is 8.99. The Morgan fingerprint density at radius 3 is 2.59 bits per heavy atom. The van der Waals surface area contributed by atoms with Gasteiger partial charge in [0.2, 0.25) is 5.91 Å². The number of benzene rings is 2. The molecule has 142 valence electrons. The molecule has 27 heavy (non-hydrogen) atoms. The first-order valence-electron chi connectivity index (χ1n) is 8.99. The Bertz CT molecular complexity index is 913. The van der Waals surface area contributed by atoms with Crippen molar-refractivity contribution in [3.05, 3.63) is 59.4 Å². The average molecular weight is 367 g/mol. The number of para-hydroxylation sites is 3. The maximum atomic E-state index is 11.7. The Balaban J connectivity index is 1.76. The van der Waals surface area contributed by atoms with Crippen molar-refractivity contribution in [2.45, 2.75) is 26.9 Å². The van der Waals surface area contributed by atoms with Crippen molar-refractivity contribution in [2.24, 2.45) is 0 Å². The van der Waals surface area contributed by atoms with Crippen LogP contribution in [0.1, 0.15) is 17.0 Å². The van der Waals surface area contributed by atoms with Crippen LogP contribution >= 0.6 is 0 Å². The van der Waals surface area contributed by atoms with E-state index in [1.807, 2.05) is 56.3 Å². The molecule has 0 aliphatic heterocycles. The number of aryl methyl sites for hydroxylation is 2. The van der Waals surface area contributed by atoms with Crippen molar-refractivity contribution in [2.75, 3.05) is 20.3 Å². The number of methoxy groups -OCH3 is 1. The molecule has 0 radical (unpaired) electrons. The number of ether oxygens (including phenoxy) is 2. The van der Waals surface area contributed by atoms with Crippen molar-refractivity contribution in [3.8, 4) is 5.75 Å². The summed E-state index contributed by atoms with van der Waals surface area (Å²) in [5.41, 5.74) is 4.18. The first kappa shape index (κ1) is 18.9. The van der Waals surface area contributed by atoms with Gasteiger partial charge in [-0.05, 0) is 37.1 Å². The summed E-state index contributed by atoms with van der Waals surface area (Å²) in [4.78, 5) is 16.4. The predicted molar refractivity (Wildman–Crippen MR) is 105 cm³/mol. The number of carbonyl (C=O) groups is 1. The third-order valence-corrected chi connectivity index (χ3v) is 4.42. The Hall–Kier alpha value is -2.86. The van der Waals surface area contributed by atoms with Crippen LogP contribution in [-0.2, 0) is 22.6 Å². The quantitative estimate of drug-likeness (QED) is 0.665. The number of aromatic nitrogens is 2. The molecule has 0 unspecified atom stereocenters. The number of fused-ring (bicyclic) bond motifs is 1. The van der Waals surface area contributed by atoms with Gasteiger partial charge >= 0.3 is 0 Å². The van der Waals surface area contributed by atoms with Crippen LogP contribution in [0.4, 0.5) is 0 Å². The van der Waals surface area contributed by atoms with E-state index in [4.69, 9.17) is 9.47 Å². The number of nitrogens with one attached hydrogen (secondary N) is 1. The molecule has 1 amide bonds. The number of carbonyl (C=O) groups excluding carboxylic acids is 1. The SMILES string of the molecule is COCC(=O)NCc1nc2ccccc2n1CCOc1c(C)cccc1C. The standard InChI is InChI=1S/C21H25N3O3/c1-15-7-6-8-16(2)21(15)27-12-11-24-18-10-5-4-9-17(18)23-19(24)13-22-20(25)14-26-3/h4-10H,11-14H2,1-3H3,(H,22,25). The summed E-state index contributed by atoms with van der Waals surface area (Å²) in [7, 11) is 1.50. The van der Waals surface area contributed by atoms with Crippen LogP contribution < -0.4 is 10.1 Å². The van der Waals surface area contributed by atoms with Gasteiger partial charge in [0.25, 0.3) is 0 Å².